The summed E-state index contributed by atoms with van der Waals surface area (Å²) in [6, 6.07) is 11.3. The summed E-state index contributed by atoms with van der Waals surface area (Å²) >= 11 is 0. The Bertz CT molecular complexity index is 1040. The van der Waals surface area contributed by atoms with Crippen molar-refractivity contribution in [3.63, 3.8) is 0 Å². The molecule has 33 heavy (non-hydrogen) atoms. The molecule has 1 amide bonds. The fourth-order valence-electron chi connectivity index (χ4n) is 3.26. The molecule has 0 saturated carbocycles. The van der Waals surface area contributed by atoms with Gasteiger partial charge in [0.2, 0.25) is 0 Å². The molecule has 0 atom stereocenters. The van der Waals surface area contributed by atoms with Gasteiger partial charge in [-0.15, -0.1) is 0 Å². The lowest BCUT2D eigenvalue weighted by Gasteiger charge is -2.12. The molecule has 0 unspecified atom stereocenters. The van der Waals surface area contributed by atoms with Crippen molar-refractivity contribution in [2.24, 2.45) is 0 Å². The lowest BCUT2D eigenvalue weighted by atomic mass is 10.1. The van der Waals surface area contributed by atoms with E-state index in [1.165, 1.54) is 6.33 Å². The van der Waals surface area contributed by atoms with Crippen LogP contribution in [0.4, 0.5) is 11.6 Å². The minimum atomic E-state index is -0.143. The van der Waals surface area contributed by atoms with E-state index in [9.17, 15) is 4.79 Å². The first-order valence-electron chi connectivity index (χ1n) is 10.8. The molecule has 174 valence electrons. The fourth-order valence-corrected chi connectivity index (χ4v) is 3.26. The molecule has 0 spiro atoms. The van der Waals surface area contributed by atoms with E-state index in [4.69, 9.17) is 9.47 Å². The predicted octanol–water partition coefficient (Wildman–Crippen LogP) is 3.01. The zero-order valence-corrected chi connectivity index (χ0v) is 19.2. The number of ether oxygens (including phenoxy) is 2. The van der Waals surface area contributed by atoms with Crippen LogP contribution in [-0.2, 0) is 11.2 Å². The molecule has 1 aromatic carbocycles. The van der Waals surface area contributed by atoms with Crippen molar-refractivity contribution in [1.82, 2.24) is 20.3 Å². The fraction of sp³-hybridized carbons (Fsp3) is 0.333. The van der Waals surface area contributed by atoms with Gasteiger partial charge in [0, 0.05) is 57.2 Å². The van der Waals surface area contributed by atoms with Gasteiger partial charge in [0.15, 0.2) is 0 Å². The van der Waals surface area contributed by atoms with Crippen molar-refractivity contribution in [1.29, 1.82) is 0 Å². The van der Waals surface area contributed by atoms with Crippen LogP contribution in [0.3, 0.4) is 0 Å². The van der Waals surface area contributed by atoms with E-state index in [2.05, 4.69) is 30.9 Å². The van der Waals surface area contributed by atoms with Gasteiger partial charge in [0.25, 0.3) is 5.91 Å². The number of amides is 1. The topological polar surface area (TPSA) is 110 Å². The maximum Gasteiger partial charge on any atom is 0.251 e. The quantitative estimate of drug-likeness (QED) is 0.361. The average Bonchev–Trinajstić information content (AvgIpc) is 2.87. The number of anilines is 2. The summed E-state index contributed by atoms with van der Waals surface area (Å²) in [5.74, 6) is 2.08. The van der Waals surface area contributed by atoms with Crippen LogP contribution in [0.5, 0.6) is 5.75 Å². The number of hydrogen-bond acceptors (Lipinski definition) is 8. The Morgan fingerprint density at radius 2 is 1.82 bits per heavy atom. The van der Waals surface area contributed by atoms with Gasteiger partial charge in [-0.05, 0) is 42.7 Å². The van der Waals surface area contributed by atoms with Crippen LogP contribution in [0.15, 0.2) is 48.9 Å². The molecule has 2 aromatic heterocycles. The van der Waals surface area contributed by atoms with E-state index < -0.39 is 0 Å². The Labute approximate surface area is 194 Å². The summed E-state index contributed by atoms with van der Waals surface area (Å²) < 4.78 is 10.5. The SMILES string of the molecule is CNC(=O)c1ccc(CCNc2cc(-c3ccc(NCCCOC)nc3)ncn2)c(OC)c1. The number of rotatable bonds is 12. The summed E-state index contributed by atoms with van der Waals surface area (Å²) in [4.78, 5) is 25.0. The second-order valence-corrected chi connectivity index (χ2v) is 7.28. The van der Waals surface area contributed by atoms with Crippen LogP contribution in [0, 0.1) is 0 Å². The lowest BCUT2D eigenvalue weighted by molar-refractivity contribution is 0.0962. The smallest absolute Gasteiger partial charge is 0.251 e. The standard InChI is InChI=1S/C24H30N6O3/c1-25-24(31)18-6-5-17(21(13-18)33-3)9-11-27-23-14-20(29-16-30-23)19-7-8-22(28-15-19)26-10-4-12-32-2/h5-8,13-16H,4,9-12H2,1-3H3,(H,25,31)(H,26,28)(H,27,29,30). The molecule has 0 aliphatic rings. The number of nitrogens with one attached hydrogen (secondary N) is 3. The minimum absolute atomic E-state index is 0.143. The van der Waals surface area contributed by atoms with Crippen LogP contribution in [0.25, 0.3) is 11.3 Å². The van der Waals surface area contributed by atoms with Crippen LogP contribution in [-0.4, -0.2) is 61.8 Å². The van der Waals surface area contributed by atoms with Gasteiger partial charge >= 0.3 is 0 Å². The molecule has 0 aliphatic carbocycles. The molecular weight excluding hydrogens is 420 g/mol. The number of aromatic nitrogens is 3. The van der Waals surface area contributed by atoms with Crippen molar-refractivity contribution in [2.45, 2.75) is 12.8 Å². The molecule has 0 fully saturated rings. The lowest BCUT2D eigenvalue weighted by Crippen LogP contribution is -2.18. The Hall–Kier alpha value is -3.72. The number of pyridine rings is 1. The summed E-state index contributed by atoms with van der Waals surface area (Å²) in [5.41, 5.74) is 3.27. The second kappa shape index (κ2) is 12.4. The van der Waals surface area contributed by atoms with E-state index in [-0.39, 0.29) is 5.91 Å². The van der Waals surface area contributed by atoms with E-state index in [1.807, 2.05) is 24.3 Å². The van der Waals surface area contributed by atoms with Gasteiger partial charge < -0.3 is 25.4 Å². The third kappa shape index (κ3) is 6.88. The Kier molecular flexibility index (Phi) is 8.96. The van der Waals surface area contributed by atoms with Crippen LogP contribution >= 0.6 is 0 Å². The van der Waals surface area contributed by atoms with E-state index in [1.54, 1.807) is 39.6 Å². The maximum atomic E-state index is 11.8. The van der Waals surface area contributed by atoms with E-state index >= 15 is 0 Å². The number of nitrogens with zero attached hydrogens (tertiary/aromatic N) is 3. The summed E-state index contributed by atoms with van der Waals surface area (Å²) in [6.45, 7) is 2.17. The van der Waals surface area contributed by atoms with Crippen molar-refractivity contribution >= 4 is 17.5 Å². The number of carbonyl (C=O) groups is 1. The highest BCUT2D eigenvalue weighted by molar-refractivity contribution is 5.94. The van der Waals surface area contributed by atoms with Gasteiger partial charge in [-0.3, -0.25) is 4.79 Å². The number of benzene rings is 1. The molecule has 0 saturated heterocycles. The van der Waals surface area contributed by atoms with Gasteiger partial charge in [-0.1, -0.05) is 6.07 Å². The largest absolute Gasteiger partial charge is 0.496 e. The molecule has 3 rings (SSSR count). The number of methoxy groups -OCH3 is 2. The van der Waals surface area contributed by atoms with Crippen molar-refractivity contribution < 1.29 is 14.3 Å². The molecule has 0 aliphatic heterocycles. The average molecular weight is 451 g/mol. The highest BCUT2D eigenvalue weighted by atomic mass is 16.5. The third-order valence-corrected chi connectivity index (χ3v) is 5.03. The molecule has 2 heterocycles. The summed E-state index contributed by atoms with van der Waals surface area (Å²) in [7, 11) is 4.90. The zero-order chi connectivity index (χ0) is 23.5. The van der Waals surface area contributed by atoms with E-state index in [0.717, 1.165) is 48.0 Å². The Morgan fingerprint density at radius 1 is 0.970 bits per heavy atom. The molecule has 3 aromatic rings. The first-order valence-corrected chi connectivity index (χ1v) is 10.8. The first kappa shape index (κ1) is 23.9. The first-order chi connectivity index (χ1) is 16.1. The van der Waals surface area contributed by atoms with Crippen molar-refractivity contribution in [3.05, 3.63) is 60.0 Å². The Morgan fingerprint density at radius 3 is 2.55 bits per heavy atom. The number of hydrogen-bond donors (Lipinski definition) is 3. The van der Waals surface area contributed by atoms with Crippen molar-refractivity contribution in [2.75, 3.05) is 51.6 Å². The molecule has 0 bridgehead atoms. The van der Waals surface area contributed by atoms with Crippen LogP contribution in [0.1, 0.15) is 22.3 Å². The van der Waals surface area contributed by atoms with Gasteiger partial charge in [0.1, 0.15) is 23.7 Å². The molecule has 3 N–H and O–H groups in total. The molecule has 0 radical (unpaired) electrons. The molecular formula is C24H30N6O3. The van der Waals surface area contributed by atoms with Gasteiger partial charge in [-0.25, -0.2) is 15.0 Å². The highest BCUT2D eigenvalue weighted by Crippen LogP contribution is 2.22. The van der Waals surface area contributed by atoms with Gasteiger partial charge in [-0.2, -0.15) is 0 Å². The number of carbonyl (C=O) groups excluding carboxylic acids is 1. The monoisotopic (exact) mass is 450 g/mol. The maximum absolute atomic E-state index is 11.8. The Balaban J connectivity index is 1.58. The van der Waals surface area contributed by atoms with Crippen molar-refractivity contribution in [3.8, 4) is 17.0 Å². The minimum Gasteiger partial charge on any atom is -0.496 e. The molecule has 9 heteroatoms. The summed E-state index contributed by atoms with van der Waals surface area (Å²) in [6.07, 6.45) is 4.96. The normalized spacial score (nSPS) is 10.5. The second-order valence-electron chi connectivity index (χ2n) is 7.28. The highest BCUT2D eigenvalue weighted by Gasteiger charge is 2.09. The predicted molar refractivity (Wildman–Crippen MR) is 129 cm³/mol. The summed E-state index contributed by atoms with van der Waals surface area (Å²) in [5, 5.41) is 9.21. The van der Waals surface area contributed by atoms with Crippen LogP contribution in [0.2, 0.25) is 0 Å². The zero-order valence-electron chi connectivity index (χ0n) is 19.2. The van der Waals surface area contributed by atoms with Gasteiger partial charge in [0.05, 0.1) is 12.8 Å². The van der Waals surface area contributed by atoms with Crippen LogP contribution < -0.4 is 20.7 Å². The molecule has 9 nitrogen and oxygen atoms in total. The van der Waals surface area contributed by atoms with E-state index in [0.29, 0.717) is 24.3 Å². The third-order valence-electron chi connectivity index (χ3n) is 5.03.